The van der Waals surface area contributed by atoms with Gasteiger partial charge in [-0.05, 0) is 49.8 Å². The molecule has 0 spiro atoms. The van der Waals surface area contributed by atoms with Gasteiger partial charge in [0.1, 0.15) is 0 Å². The SMILES string of the molecule is CN(CC1CCCCC1)C(=O)Nc1cccc(NC(=O)C2CC2)c1. The Kier molecular flexibility index (Phi) is 5.38. The van der Waals surface area contributed by atoms with Gasteiger partial charge in [0.05, 0.1) is 0 Å². The fourth-order valence-corrected chi connectivity index (χ4v) is 3.32. The lowest BCUT2D eigenvalue weighted by Gasteiger charge is -2.27. The van der Waals surface area contributed by atoms with Crippen molar-refractivity contribution in [3.05, 3.63) is 24.3 Å². The highest BCUT2D eigenvalue weighted by Gasteiger charge is 2.29. The second-order valence-corrected chi connectivity index (χ2v) is 7.16. The van der Waals surface area contributed by atoms with Crippen molar-refractivity contribution < 1.29 is 9.59 Å². The smallest absolute Gasteiger partial charge is 0.321 e. The molecule has 0 aliphatic heterocycles. The number of hydrogen-bond donors (Lipinski definition) is 2. The third-order valence-corrected chi connectivity index (χ3v) is 4.93. The van der Waals surface area contributed by atoms with Crippen molar-refractivity contribution in [2.45, 2.75) is 44.9 Å². The van der Waals surface area contributed by atoms with Gasteiger partial charge in [-0.15, -0.1) is 0 Å². The molecule has 5 heteroatoms. The lowest BCUT2D eigenvalue weighted by molar-refractivity contribution is -0.117. The van der Waals surface area contributed by atoms with Crippen molar-refractivity contribution >= 4 is 23.3 Å². The summed E-state index contributed by atoms with van der Waals surface area (Å²) >= 11 is 0. The van der Waals surface area contributed by atoms with Crippen LogP contribution in [0.2, 0.25) is 0 Å². The molecule has 2 aliphatic rings. The topological polar surface area (TPSA) is 61.4 Å². The Hall–Kier alpha value is -2.04. The van der Waals surface area contributed by atoms with Crippen LogP contribution in [0.1, 0.15) is 44.9 Å². The number of hydrogen-bond acceptors (Lipinski definition) is 2. The molecule has 0 aromatic heterocycles. The molecular weight excluding hydrogens is 302 g/mol. The number of carbonyl (C=O) groups is 2. The normalized spacial score (nSPS) is 18.0. The number of urea groups is 1. The minimum absolute atomic E-state index is 0.0768. The molecule has 3 amide bonds. The Morgan fingerprint density at radius 1 is 1.04 bits per heavy atom. The fraction of sp³-hybridized carbons (Fsp3) is 0.579. The Morgan fingerprint density at radius 2 is 1.71 bits per heavy atom. The molecule has 0 bridgehead atoms. The van der Waals surface area contributed by atoms with Crippen molar-refractivity contribution in [1.29, 1.82) is 0 Å². The molecule has 1 aromatic rings. The summed E-state index contributed by atoms with van der Waals surface area (Å²) in [5.41, 5.74) is 1.45. The average Bonchev–Trinajstić information content (AvgIpc) is 3.41. The number of benzene rings is 1. The van der Waals surface area contributed by atoms with E-state index in [0.29, 0.717) is 11.6 Å². The highest BCUT2D eigenvalue weighted by atomic mass is 16.2. The Morgan fingerprint density at radius 3 is 2.38 bits per heavy atom. The van der Waals surface area contributed by atoms with Crippen LogP contribution in [0.5, 0.6) is 0 Å². The maximum absolute atomic E-state index is 12.4. The summed E-state index contributed by atoms with van der Waals surface area (Å²) in [7, 11) is 1.85. The van der Waals surface area contributed by atoms with Crippen molar-refractivity contribution in [3.63, 3.8) is 0 Å². The number of amides is 3. The van der Waals surface area contributed by atoms with Gasteiger partial charge in [-0.1, -0.05) is 25.3 Å². The zero-order valence-corrected chi connectivity index (χ0v) is 14.4. The average molecular weight is 329 g/mol. The number of rotatable bonds is 5. The molecule has 0 radical (unpaired) electrons. The minimum Gasteiger partial charge on any atom is -0.327 e. The molecule has 24 heavy (non-hydrogen) atoms. The van der Waals surface area contributed by atoms with E-state index in [2.05, 4.69) is 10.6 Å². The van der Waals surface area contributed by atoms with E-state index in [4.69, 9.17) is 0 Å². The lowest BCUT2D eigenvalue weighted by atomic mass is 9.89. The Labute approximate surface area is 143 Å². The molecule has 2 saturated carbocycles. The zero-order chi connectivity index (χ0) is 16.9. The van der Waals surface area contributed by atoms with Crippen LogP contribution in [0.15, 0.2) is 24.3 Å². The summed E-state index contributed by atoms with van der Waals surface area (Å²) in [6.07, 6.45) is 8.29. The number of nitrogens with zero attached hydrogens (tertiary/aromatic N) is 1. The zero-order valence-electron chi connectivity index (χ0n) is 14.4. The van der Waals surface area contributed by atoms with Crippen LogP contribution in [-0.2, 0) is 4.79 Å². The quantitative estimate of drug-likeness (QED) is 0.855. The molecule has 130 valence electrons. The van der Waals surface area contributed by atoms with Crippen molar-refractivity contribution in [2.24, 2.45) is 11.8 Å². The number of nitrogens with one attached hydrogen (secondary N) is 2. The lowest BCUT2D eigenvalue weighted by Crippen LogP contribution is -2.35. The predicted molar refractivity (Wildman–Crippen MR) is 96.0 cm³/mol. The van der Waals surface area contributed by atoms with Crippen LogP contribution in [0, 0.1) is 11.8 Å². The van der Waals surface area contributed by atoms with Crippen LogP contribution in [0.4, 0.5) is 16.2 Å². The number of anilines is 2. The van der Waals surface area contributed by atoms with Gasteiger partial charge in [0.25, 0.3) is 0 Å². The molecule has 3 rings (SSSR count). The van der Waals surface area contributed by atoms with Crippen molar-refractivity contribution in [2.75, 3.05) is 24.2 Å². The molecule has 2 fully saturated rings. The summed E-state index contributed by atoms with van der Waals surface area (Å²) in [5.74, 6) is 0.872. The maximum Gasteiger partial charge on any atom is 0.321 e. The van der Waals surface area contributed by atoms with E-state index in [0.717, 1.165) is 25.1 Å². The number of carbonyl (C=O) groups excluding carboxylic acids is 2. The van der Waals surface area contributed by atoms with Gasteiger partial charge < -0.3 is 15.5 Å². The minimum atomic E-state index is -0.0914. The monoisotopic (exact) mass is 329 g/mol. The summed E-state index contributed by atoms with van der Waals surface area (Å²) in [6, 6.07) is 7.26. The van der Waals surface area contributed by atoms with Gasteiger partial charge in [-0.3, -0.25) is 4.79 Å². The Balaban J connectivity index is 1.52. The van der Waals surface area contributed by atoms with Gasteiger partial charge in [0.2, 0.25) is 5.91 Å². The molecule has 2 aliphatic carbocycles. The van der Waals surface area contributed by atoms with Gasteiger partial charge >= 0.3 is 6.03 Å². The summed E-state index contributed by atoms with van der Waals surface area (Å²) in [5, 5.41) is 5.83. The third kappa shape index (κ3) is 4.73. The molecule has 2 N–H and O–H groups in total. The van der Waals surface area contributed by atoms with Crippen molar-refractivity contribution in [3.8, 4) is 0 Å². The first-order valence-electron chi connectivity index (χ1n) is 9.05. The first kappa shape index (κ1) is 16.8. The van der Waals surface area contributed by atoms with Crippen LogP contribution < -0.4 is 10.6 Å². The fourth-order valence-electron chi connectivity index (χ4n) is 3.32. The highest BCUT2D eigenvalue weighted by Crippen LogP contribution is 2.30. The van der Waals surface area contributed by atoms with Crippen molar-refractivity contribution in [1.82, 2.24) is 4.90 Å². The van der Waals surface area contributed by atoms with E-state index in [-0.39, 0.29) is 17.9 Å². The van der Waals surface area contributed by atoms with E-state index in [1.165, 1.54) is 32.1 Å². The highest BCUT2D eigenvalue weighted by molar-refractivity contribution is 5.95. The van der Waals surface area contributed by atoms with E-state index in [9.17, 15) is 9.59 Å². The molecule has 0 atom stereocenters. The van der Waals surface area contributed by atoms with E-state index in [1.807, 2.05) is 31.3 Å². The van der Waals surface area contributed by atoms with Gasteiger partial charge in [0, 0.05) is 30.9 Å². The molecule has 1 aromatic carbocycles. The van der Waals surface area contributed by atoms with Crippen LogP contribution in [0.25, 0.3) is 0 Å². The second-order valence-electron chi connectivity index (χ2n) is 7.16. The predicted octanol–water partition coefficient (Wildman–Crippen LogP) is 4.08. The molecule has 0 saturated heterocycles. The van der Waals surface area contributed by atoms with E-state index in [1.54, 1.807) is 4.90 Å². The molecule has 5 nitrogen and oxygen atoms in total. The maximum atomic E-state index is 12.4. The summed E-state index contributed by atoms with van der Waals surface area (Å²) < 4.78 is 0. The van der Waals surface area contributed by atoms with E-state index >= 15 is 0 Å². The van der Waals surface area contributed by atoms with Crippen LogP contribution >= 0.6 is 0 Å². The van der Waals surface area contributed by atoms with E-state index < -0.39 is 0 Å². The summed E-state index contributed by atoms with van der Waals surface area (Å²) in [4.78, 5) is 26.0. The molecule has 0 heterocycles. The third-order valence-electron chi connectivity index (χ3n) is 4.93. The molecular formula is C19H27N3O2. The first-order chi connectivity index (χ1) is 11.6. The standard InChI is InChI=1S/C19H27N3O2/c1-22(13-14-6-3-2-4-7-14)19(24)21-17-9-5-8-16(12-17)20-18(23)15-10-11-15/h5,8-9,12,14-15H,2-4,6-7,10-11,13H2,1H3,(H,20,23)(H,21,24). The van der Waals surface area contributed by atoms with Gasteiger partial charge in [0.15, 0.2) is 0 Å². The summed E-state index contributed by atoms with van der Waals surface area (Å²) in [6.45, 7) is 0.809. The largest absolute Gasteiger partial charge is 0.327 e. The van der Waals surface area contributed by atoms with Gasteiger partial charge in [-0.25, -0.2) is 4.79 Å². The Bertz CT molecular complexity index is 592. The van der Waals surface area contributed by atoms with Crippen LogP contribution in [-0.4, -0.2) is 30.4 Å². The second kappa shape index (κ2) is 7.69. The van der Waals surface area contributed by atoms with Crippen LogP contribution in [0.3, 0.4) is 0 Å². The molecule has 0 unspecified atom stereocenters. The first-order valence-corrected chi connectivity index (χ1v) is 9.05. The van der Waals surface area contributed by atoms with Gasteiger partial charge in [-0.2, -0.15) is 0 Å².